The fourth-order valence-electron chi connectivity index (χ4n) is 2.30. The summed E-state index contributed by atoms with van der Waals surface area (Å²) in [5.41, 5.74) is 0.719. The van der Waals surface area contributed by atoms with Gasteiger partial charge in [-0.25, -0.2) is 0 Å². The van der Waals surface area contributed by atoms with Crippen molar-refractivity contribution in [2.75, 3.05) is 0 Å². The van der Waals surface area contributed by atoms with Crippen LogP contribution in [0.1, 0.15) is 5.56 Å². The van der Waals surface area contributed by atoms with E-state index in [1.807, 2.05) is 0 Å². The molecule has 0 saturated heterocycles. The summed E-state index contributed by atoms with van der Waals surface area (Å²) in [5, 5.41) is 10.4. The zero-order chi connectivity index (χ0) is 18.2. The van der Waals surface area contributed by atoms with Crippen molar-refractivity contribution >= 4 is 27.7 Å². The summed E-state index contributed by atoms with van der Waals surface area (Å²) >= 11 is 0.797. The maximum atomic E-state index is 12.2. The lowest BCUT2D eigenvalue weighted by atomic mass is 10.0. The van der Waals surface area contributed by atoms with Gasteiger partial charge >= 0.3 is 6.36 Å². The molecule has 1 radical (unpaired) electrons. The smallest absolute Gasteiger partial charge is 0.506 e. The van der Waals surface area contributed by atoms with Crippen LogP contribution in [0.15, 0.2) is 47.3 Å². The minimum Gasteiger partial charge on any atom is -0.506 e. The van der Waals surface area contributed by atoms with Crippen LogP contribution >= 0.6 is 11.3 Å². The van der Waals surface area contributed by atoms with Gasteiger partial charge in [-0.15, -0.1) is 13.2 Å². The highest BCUT2D eigenvalue weighted by molar-refractivity contribution is 7.16. The molecule has 1 N–H and O–H groups in total. The molecule has 3 aromatic rings. The summed E-state index contributed by atoms with van der Waals surface area (Å²) in [5.74, 6) is -0.816. The second-order valence-electron chi connectivity index (χ2n) is 5.00. The third-order valence-corrected chi connectivity index (χ3v) is 4.37. The van der Waals surface area contributed by atoms with E-state index < -0.39 is 22.4 Å². The van der Waals surface area contributed by atoms with E-state index in [0.717, 1.165) is 11.3 Å². The number of rotatable bonds is 3. The minimum absolute atomic E-state index is 0.288. The quantitative estimate of drug-likeness (QED) is 0.762. The van der Waals surface area contributed by atoms with Crippen LogP contribution in [0.4, 0.5) is 13.2 Å². The van der Waals surface area contributed by atoms with Gasteiger partial charge in [0.15, 0.2) is 0 Å². The molecule has 2 aromatic carbocycles. The molecule has 0 saturated carbocycles. The van der Waals surface area contributed by atoms with Gasteiger partial charge in [0.1, 0.15) is 17.1 Å². The van der Waals surface area contributed by atoms with Crippen LogP contribution in [0.5, 0.6) is 11.5 Å². The van der Waals surface area contributed by atoms with Crippen molar-refractivity contribution in [2.24, 2.45) is 0 Å². The SMILES string of the molecule is O=[C]c1c(O)c2cc(-c3ccc(OC(F)(F)F)cc3)ccc2sc1=O. The highest BCUT2D eigenvalue weighted by atomic mass is 32.1. The Morgan fingerprint density at radius 1 is 1.04 bits per heavy atom. The van der Waals surface area contributed by atoms with Crippen LogP contribution in [0.2, 0.25) is 0 Å². The lowest BCUT2D eigenvalue weighted by molar-refractivity contribution is -0.274. The minimum atomic E-state index is -4.77. The maximum Gasteiger partial charge on any atom is 0.573 e. The van der Waals surface area contributed by atoms with Gasteiger partial charge in [-0.05, 0) is 35.4 Å². The highest BCUT2D eigenvalue weighted by Gasteiger charge is 2.30. The molecule has 0 unspecified atom stereocenters. The average molecular weight is 365 g/mol. The van der Waals surface area contributed by atoms with Crippen LogP contribution in [0, 0.1) is 0 Å². The first kappa shape index (κ1) is 17.0. The van der Waals surface area contributed by atoms with Gasteiger partial charge in [0.05, 0.1) is 0 Å². The van der Waals surface area contributed by atoms with Crippen molar-refractivity contribution in [1.82, 2.24) is 0 Å². The Balaban J connectivity index is 2.04. The third-order valence-electron chi connectivity index (χ3n) is 3.40. The summed E-state index contributed by atoms with van der Waals surface area (Å²) in [4.78, 5) is 22.5. The molecule has 0 atom stereocenters. The lowest BCUT2D eigenvalue weighted by Crippen LogP contribution is -2.16. The molecule has 127 valence electrons. The summed E-state index contributed by atoms with van der Waals surface area (Å²) in [6.07, 6.45) is -3.35. The van der Waals surface area contributed by atoms with Crippen LogP contribution in [0.25, 0.3) is 21.2 Å². The van der Waals surface area contributed by atoms with Crippen LogP contribution in [-0.4, -0.2) is 17.8 Å². The van der Waals surface area contributed by atoms with E-state index in [4.69, 9.17) is 0 Å². The number of hydrogen-bond donors (Lipinski definition) is 1. The van der Waals surface area contributed by atoms with Gasteiger partial charge in [-0.1, -0.05) is 29.5 Å². The molecule has 0 aliphatic heterocycles. The van der Waals surface area contributed by atoms with Gasteiger partial charge in [-0.3, -0.25) is 9.59 Å². The van der Waals surface area contributed by atoms with Crippen molar-refractivity contribution in [2.45, 2.75) is 6.36 Å². The standard InChI is InChI=1S/C17H8F3O4S/c18-17(19,20)24-11-4-1-9(2-5-11)10-3-6-14-12(7-10)15(22)13(8-21)16(23)25-14/h1-7,22H. The summed E-state index contributed by atoms with van der Waals surface area (Å²) in [7, 11) is 0. The molecular formula is C17H8F3O4S. The average Bonchev–Trinajstić information content (AvgIpc) is 2.54. The molecule has 0 fully saturated rings. The molecule has 0 aliphatic carbocycles. The van der Waals surface area contributed by atoms with Gasteiger partial charge in [0, 0.05) is 10.1 Å². The fraction of sp³-hybridized carbons (Fsp3) is 0.0588. The van der Waals surface area contributed by atoms with E-state index in [1.54, 1.807) is 18.2 Å². The molecule has 0 amide bonds. The molecule has 3 rings (SSSR count). The maximum absolute atomic E-state index is 12.2. The molecule has 4 nitrogen and oxygen atoms in total. The zero-order valence-corrected chi connectivity index (χ0v) is 13.1. The van der Waals surface area contributed by atoms with Crippen molar-refractivity contribution in [3.8, 4) is 22.6 Å². The largest absolute Gasteiger partial charge is 0.573 e. The number of alkyl halides is 3. The number of benzene rings is 2. The Labute approximate surface area is 142 Å². The Morgan fingerprint density at radius 3 is 2.28 bits per heavy atom. The summed E-state index contributed by atoms with van der Waals surface area (Å²) in [6, 6.07) is 9.98. The molecule has 1 aromatic heterocycles. The number of halogens is 3. The van der Waals surface area contributed by atoms with Crippen LogP contribution < -0.4 is 9.48 Å². The van der Waals surface area contributed by atoms with E-state index in [1.165, 1.54) is 30.6 Å². The summed E-state index contributed by atoms with van der Waals surface area (Å²) in [6.45, 7) is 0. The van der Waals surface area contributed by atoms with Gasteiger partial charge in [-0.2, -0.15) is 0 Å². The number of ether oxygens (including phenoxy) is 1. The van der Waals surface area contributed by atoms with Crippen molar-refractivity contribution in [3.05, 3.63) is 57.6 Å². The lowest BCUT2D eigenvalue weighted by Gasteiger charge is -2.10. The number of hydrogen-bond acceptors (Lipinski definition) is 5. The van der Waals surface area contributed by atoms with Crippen molar-refractivity contribution in [1.29, 1.82) is 0 Å². The predicted molar refractivity (Wildman–Crippen MR) is 86.7 cm³/mol. The van der Waals surface area contributed by atoms with E-state index in [-0.39, 0.29) is 11.1 Å². The number of fused-ring (bicyclic) bond motifs is 1. The Kier molecular flexibility index (Phi) is 4.22. The van der Waals surface area contributed by atoms with E-state index in [0.29, 0.717) is 15.8 Å². The fourth-order valence-corrected chi connectivity index (χ4v) is 3.15. The summed E-state index contributed by atoms with van der Waals surface area (Å²) < 4.78 is 40.2. The van der Waals surface area contributed by atoms with Gasteiger partial charge < -0.3 is 9.84 Å². The predicted octanol–water partition coefficient (Wildman–Crippen LogP) is 3.99. The molecule has 0 bridgehead atoms. The molecule has 0 aliphatic rings. The van der Waals surface area contributed by atoms with Crippen molar-refractivity contribution in [3.63, 3.8) is 0 Å². The normalized spacial score (nSPS) is 11.5. The zero-order valence-electron chi connectivity index (χ0n) is 12.3. The number of aromatic hydroxyl groups is 1. The number of carbonyl (C=O) groups excluding carboxylic acids is 1. The van der Waals surface area contributed by atoms with E-state index >= 15 is 0 Å². The Bertz CT molecular complexity index is 1010. The third kappa shape index (κ3) is 3.48. The van der Waals surface area contributed by atoms with Crippen LogP contribution in [-0.2, 0) is 4.79 Å². The molecule has 8 heteroatoms. The van der Waals surface area contributed by atoms with Gasteiger partial charge in [0.25, 0.3) is 0 Å². The highest BCUT2D eigenvalue weighted by Crippen LogP contribution is 2.33. The second-order valence-corrected chi connectivity index (χ2v) is 6.01. The van der Waals surface area contributed by atoms with E-state index in [9.17, 15) is 27.9 Å². The van der Waals surface area contributed by atoms with Crippen molar-refractivity contribution < 1.29 is 27.8 Å². The first-order valence-electron chi connectivity index (χ1n) is 6.82. The topological polar surface area (TPSA) is 63.6 Å². The Morgan fingerprint density at radius 2 is 1.68 bits per heavy atom. The van der Waals surface area contributed by atoms with Gasteiger partial charge in [0.2, 0.25) is 11.0 Å². The van der Waals surface area contributed by atoms with E-state index in [2.05, 4.69) is 4.74 Å². The Hall–Kier alpha value is -2.87. The molecular weight excluding hydrogens is 357 g/mol. The van der Waals surface area contributed by atoms with Crippen LogP contribution in [0.3, 0.4) is 0 Å². The monoisotopic (exact) mass is 365 g/mol. The first-order chi connectivity index (χ1) is 11.8. The molecule has 25 heavy (non-hydrogen) atoms. The molecule has 1 heterocycles. The molecule has 0 spiro atoms. The first-order valence-corrected chi connectivity index (χ1v) is 7.64. The second kappa shape index (κ2) is 6.21.